The van der Waals surface area contributed by atoms with Crippen LogP contribution in [0.3, 0.4) is 0 Å². The molecule has 1 aliphatic heterocycles. The number of carbonyl (C=O) groups excluding carboxylic acids is 3. The summed E-state index contributed by atoms with van der Waals surface area (Å²) >= 11 is 0. The fourth-order valence-electron chi connectivity index (χ4n) is 4.38. The van der Waals surface area contributed by atoms with Crippen LogP contribution in [0.5, 0.6) is 0 Å². The Balaban J connectivity index is 1.84. The highest BCUT2D eigenvalue weighted by Gasteiger charge is 2.38. The van der Waals surface area contributed by atoms with Crippen LogP contribution in [0.2, 0.25) is 0 Å². The van der Waals surface area contributed by atoms with Gasteiger partial charge >= 0.3 is 6.09 Å². The number of anilines is 2. The molecule has 0 spiro atoms. The number of methoxy groups -OCH3 is 1. The van der Waals surface area contributed by atoms with Crippen LogP contribution in [0.25, 0.3) is 10.8 Å². The van der Waals surface area contributed by atoms with E-state index in [1.165, 1.54) is 12.0 Å². The predicted octanol–water partition coefficient (Wildman–Crippen LogP) is 3.36. The first-order chi connectivity index (χ1) is 16.8. The zero-order valence-electron chi connectivity index (χ0n) is 20.4. The Hall–Kier alpha value is -3.91. The van der Waals surface area contributed by atoms with Crippen LogP contribution in [0.15, 0.2) is 60.7 Å². The van der Waals surface area contributed by atoms with Crippen LogP contribution in [0.4, 0.5) is 16.2 Å². The molecule has 0 unspecified atom stereocenters. The Labute approximate surface area is 204 Å². The predicted molar refractivity (Wildman–Crippen MR) is 137 cm³/mol. The molecule has 3 aromatic rings. The van der Waals surface area contributed by atoms with Crippen molar-refractivity contribution in [3.05, 3.63) is 71.8 Å². The second kappa shape index (κ2) is 10.1. The van der Waals surface area contributed by atoms with Crippen LogP contribution >= 0.6 is 0 Å². The smallest absolute Gasteiger partial charge is 0.414 e. The minimum Gasteiger partial charge on any atom is -0.452 e. The summed E-state index contributed by atoms with van der Waals surface area (Å²) in [6, 6.07) is 17.9. The van der Waals surface area contributed by atoms with Crippen molar-refractivity contribution in [2.24, 2.45) is 0 Å². The molecule has 0 bridgehead atoms. The number of benzene rings is 3. The minimum absolute atomic E-state index is 0.0459. The first kappa shape index (κ1) is 24.2. The van der Waals surface area contributed by atoms with Gasteiger partial charge in [0, 0.05) is 0 Å². The molecule has 0 aromatic heterocycles. The lowest BCUT2D eigenvalue weighted by Crippen LogP contribution is -2.55. The third-order valence-electron chi connectivity index (χ3n) is 6.52. The first-order valence-corrected chi connectivity index (χ1v) is 11.6. The normalized spacial score (nSPS) is 16.5. The fourth-order valence-corrected chi connectivity index (χ4v) is 4.38. The van der Waals surface area contributed by atoms with Gasteiger partial charge in [0.05, 0.1) is 37.6 Å². The van der Waals surface area contributed by atoms with Crippen molar-refractivity contribution in [3.63, 3.8) is 0 Å². The van der Waals surface area contributed by atoms with E-state index >= 15 is 0 Å². The van der Waals surface area contributed by atoms with Gasteiger partial charge in [-0.2, -0.15) is 0 Å². The molecular weight excluding hydrogens is 444 g/mol. The number of fused-ring (bicyclic) bond motifs is 2. The van der Waals surface area contributed by atoms with Gasteiger partial charge in [0.25, 0.3) is 5.91 Å². The van der Waals surface area contributed by atoms with E-state index in [9.17, 15) is 14.4 Å². The van der Waals surface area contributed by atoms with Gasteiger partial charge in [0.2, 0.25) is 5.91 Å². The molecular formula is C27H30N4O4. The Morgan fingerprint density at radius 2 is 1.74 bits per heavy atom. The lowest BCUT2D eigenvalue weighted by Gasteiger charge is -2.27. The fraction of sp³-hybridized carbons (Fsp3) is 0.296. The van der Waals surface area contributed by atoms with Crippen molar-refractivity contribution in [2.45, 2.75) is 32.5 Å². The molecule has 0 aliphatic carbocycles. The Bertz CT molecular complexity index is 1280. The standard InChI is InChI=1S/C27H30N4O4/c1-17-13-14-19-9-5-6-10-20(19)21(17)15-30-23-11-7-8-12-24(23)31(27(34)35-4)16-22(26(30)33)29-25(32)18(2)28-3/h5-14,18,22,28H,15-16H2,1-4H3,(H,29,32)/t18-,22-/m0/s1. The molecule has 0 saturated carbocycles. The van der Waals surface area contributed by atoms with E-state index < -0.39 is 18.2 Å². The lowest BCUT2D eigenvalue weighted by molar-refractivity contribution is -0.128. The number of aryl methyl sites for hydroxylation is 1. The number of hydrogen-bond acceptors (Lipinski definition) is 5. The second-order valence-corrected chi connectivity index (χ2v) is 8.65. The Morgan fingerprint density at radius 1 is 1.06 bits per heavy atom. The van der Waals surface area contributed by atoms with E-state index in [2.05, 4.69) is 16.7 Å². The molecule has 4 rings (SSSR count). The molecule has 1 aliphatic rings. The number of likely N-dealkylation sites (N-methyl/N-ethyl adjacent to an activating group) is 1. The molecule has 8 nitrogen and oxygen atoms in total. The number of rotatable bonds is 5. The first-order valence-electron chi connectivity index (χ1n) is 11.6. The molecule has 2 N–H and O–H groups in total. The van der Waals surface area contributed by atoms with E-state index in [0.717, 1.165) is 21.9 Å². The van der Waals surface area contributed by atoms with Crippen LogP contribution in [-0.4, -0.2) is 50.7 Å². The SMILES string of the molecule is CN[C@@H](C)C(=O)N[C@H]1CN(C(=O)OC)c2ccccc2N(Cc2c(C)ccc3ccccc23)C1=O. The van der Waals surface area contributed by atoms with Crippen molar-refractivity contribution in [1.29, 1.82) is 0 Å². The zero-order valence-corrected chi connectivity index (χ0v) is 20.4. The van der Waals surface area contributed by atoms with Crippen molar-refractivity contribution in [1.82, 2.24) is 10.6 Å². The molecule has 1 heterocycles. The molecule has 35 heavy (non-hydrogen) atoms. The van der Waals surface area contributed by atoms with Gasteiger partial charge < -0.3 is 20.3 Å². The molecule has 0 radical (unpaired) electrons. The molecule has 182 valence electrons. The highest BCUT2D eigenvalue weighted by Crippen LogP contribution is 2.35. The third kappa shape index (κ3) is 4.70. The van der Waals surface area contributed by atoms with Crippen molar-refractivity contribution in [2.75, 3.05) is 30.5 Å². The average Bonchev–Trinajstić information content (AvgIpc) is 2.99. The van der Waals surface area contributed by atoms with Crippen molar-refractivity contribution < 1.29 is 19.1 Å². The maximum atomic E-state index is 14.0. The highest BCUT2D eigenvalue weighted by atomic mass is 16.5. The van der Waals surface area contributed by atoms with Crippen LogP contribution in [0, 0.1) is 6.92 Å². The van der Waals surface area contributed by atoms with Crippen LogP contribution < -0.4 is 20.4 Å². The van der Waals surface area contributed by atoms with E-state index in [4.69, 9.17) is 4.74 Å². The van der Waals surface area contributed by atoms with Gasteiger partial charge in [0.15, 0.2) is 0 Å². The van der Waals surface area contributed by atoms with E-state index in [0.29, 0.717) is 11.4 Å². The summed E-state index contributed by atoms with van der Waals surface area (Å²) in [4.78, 5) is 42.5. The molecule has 0 fully saturated rings. The topological polar surface area (TPSA) is 91.0 Å². The quantitative estimate of drug-likeness (QED) is 0.592. The highest BCUT2D eigenvalue weighted by molar-refractivity contribution is 6.07. The van der Waals surface area contributed by atoms with Gasteiger partial charge in [-0.3, -0.25) is 14.5 Å². The lowest BCUT2D eigenvalue weighted by atomic mass is 9.99. The summed E-state index contributed by atoms with van der Waals surface area (Å²) in [6.07, 6.45) is -0.602. The number of para-hydroxylation sites is 2. The Kier molecular flexibility index (Phi) is 7.02. The molecule has 3 amide bonds. The molecule has 3 aromatic carbocycles. The summed E-state index contributed by atoms with van der Waals surface area (Å²) in [5.74, 6) is -0.629. The number of nitrogens with zero attached hydrogens (tertiary/aromatic N) is 2. The summed E-state index contributed by atoms with van der Waals surface area (Å²) in [5, 5.41) is 7.84. The third-order valence-corrected chi connectivity index (χ3v) is 6.52. The average molecular weight is 475 g/mol. The number of amides is 3. The second-order valence-electron chi connectivity index (χ2n) is 8.65. The van der Waals surface area contributed by atoms with E-state index in [1.54, 1.807) is 24.9 Å². The van der Waals surface area contributed by atoms with Gasteiger partial charge in [-0.1, -0.05) is 48.5 Å². The van der Waals surface area contributed by atoms with Gasteiger partial charge in [-0.05, 0) is 54.9 Å². The maximum absolute atomic E-state index is 14.0. The summed E-state index contributed by atoms with van der Waals surface area (Å²) < 4.78 is 5.02. The number of ether oxygens (including phenoxy) is 1. The Morgan fingerprint density at radius 3 is 2.46 bits per heavy atom. The largest absolute Gasteiger partial charge is 0.452 e. The summed E-state index contributed by atoms with van der Waals surface area (Å²) in [6.45, 7) is 3.97. The van der Waals surface area contributed by atoms with Crippen LogP contribution in [0.1, 0.15) is 18.1 Å². The van der Waals surface area contributed by atoms with Crippen LogP contribution in [-0.2, 0) is 20.9 Å². The number of hydrogen-bond donors (Lipinski definition) is 2. The van der Waals surface area contributed by atoms with Gasteiger partial charge in [0.1, 0.15) is 6.04 Å². The molecule has 2 atom stereocenters. The minimum atomic E-state index is -0.958. The molecule has 8 heteroatoms. The van der Waals surface area contributed by atoms with E-state index in [1.807, 2.05) is 55.5 Å². The maximum Gasteiger partial charge on any atom is 0.414 e. The van der Waals surface area contributed by atoms with E-state index in [-0.39, 0.29) is 24.9 Å². The zero-order chi connectivity index (χ0) is 25.1. The van der Waals surface area contributed by atoms with Gasteiger partial charge in [-0.25, -0.2) is 4.79 Å². The van der Waals surface area contributed by atoms with Gasteiger partial charge in [-0.15, -0.1) is 0 Å². The van der Waals surface area contributed by atoms with Crippen molar-refractivity contribution in [3.8, 4) is 0 Å². The molecule has 0 saturated heterocycles. The summed E-state index contributed by atoms with van der Waals surface area (Å²) in [5.41, 5.74) is 3.18. The number of nitrogens with one attached hydrogen (secondary N) is 2. The monoisotopic (exact) mass is 474 g/mol. The summed E-state index contributed by atoms with van der Waals surface area (Å²) in [7, 11) is 2.97. The van der Waals surface area contributed by atoms with Crippen molar-refractivity contribution >= 4 is 40.1 Å². The number of carbonyl (C=O) groups is 3.